The minimum absolute atomic E-state index is 0.00794. The van der Waals surface area contributed by atoms with Gasteiger partial charge in [-0.1, -0.05) is 53.6 Å². The molecule has 6 unspecified atom stereocenters. The number of aliphatic hydroxyl groups excluding tert-OH is 1. The van der Waals surface area contributed by atoms with Crippen molar-refractivity contribution in [1.82, 2.24) is 9.91 Å². The predicted molar refractivity (Wildman–Crippen MR) is 172 cm³/mol. The summed E-state index contributed by atoms with van der Waals surface area (Å²) in [5.74, 6) is -7.33. The van der Waals surface area contributed by atoms with Crippen LogP contribution in [0.4, 0.5) is 14.9 Å². The molecule has 49 heavy (non-hydrogen) atoms. The molecule has 0 radical (unpaired) electrons. The number of carbonyl (C=O) groups excluding carboxylic acids is 5. The Morgan fingerprint density at radius 1 is 0.980 bits per heavy atom. The number of nitrogens with one attached hydrogen (secondary N) is 1. The number of benzene rings is 3. The molecule has 2 heterocycles. The zero-order valence-electron chi connectivity index (χ0n) is 26.2. The number of rotatable bonds is 7. The van der Waals surface area contributed by atoms with Crippen molar-refractivity contribution in [2.75, 3.05) is 25.7 Å². The van der Waals surface area contributed by atoms with Gasteiger partial charge in [0.1, 0.15) is 18.2 Å². The smallest absolute Gasteiger partial charge is 0.423 e. The first-order valence-corrected chi connectivity index (χ1v) is 16.2. The second-order valence-corrected chi connectivity index (χ2v) is 12.9. The van der Waals surface area contributed by atoms with Crippen molar-refractivity contribution in [3.63, 3.8) is 0 Å². The number of methoxy groups -OCH3 is 1. The minimum Gasteiger partial charge on any atom is -0.491 e. The highest BCUT2D eigenvalue weighted by atomic mass is 35.5. The molecular weight excluding hydrogens is 657 g/mol. The van der Waals surface area contributed by atoms with Crippen molar-refractivity contribution in [3.05, 3.63) is 106 Å². The van der Waals surface area contributed by atoms with E-state index in [9.17, 15) is 28.7 Å². The van der Waals surface area contributed by atoms with Crippen LogP contribution in [0.25, 0.3) is 0 Å². The highest BCUT2D eigenvalue weighted by Gasteiger charge is 2.71. The number of anilines is 1. The van der Waals surface area contributed by atoms with Gasteiger partial charge in [0.05, 0.1) is 42.6 Å². The largest absolute Gasteiger partial charge is 0.491 e. The summed E-state index contributed by atoms with van der Waals surface area (Å²) in [6.45, 7) is -0.341. The Morgan fingerprint density at radius 3 is 2.39 bits per heavy atom. The topological polar surface area (TPSA) is 143 Å². The number of hydrogen-bond acceptors (Lipinski definition) is 9. The molecule has 0 bridgehead atoms. The Labute approximate surface area is 285 Å². The summed E-state index contributed by atoms with van der Waals surface area (Å²) in [7, 11) is 1.08. The number of allylic oxidation sites excluding steroid dienone is 2. The summed E-state index contributed by atoms with van der Waals surface area (Å²) in [5.41, 5.74) is 3.22. The molecule has 1 saturated carbocycles. The third-order valence-electron chi connectivity index (χ3n) is 10.2. The number of ether oxygens (including phenoxy) is 2. The summed E-state index contributed by atoms with van der Waals surface area (Å²) >= 11 is 6.32. The molecule has 3 aromatic rings. The highest BCUT2D eigenvalue weighted by Crippen LogP contribution is 2.65. The van der Waals surface area contributed by atoms with Crippen molar-refractivity contribution in [2.24, 2.45) is 23.7 Å². The number of carbonyl (C=O) groups is 5. The van der Waals surface area contributed by atoms with Crippen LogP contribution >= 0.6 is 11.6 Å². The molecule has 2 aliphatic heterocycles. The lowest BCUT2D eigenvalue weighted by atomic mass is 9.49. The van der Waals surface area contributed by atoms with Crippen LogP contribution in [0.5, 0.6) is 5.75 Å². The normalized spacial score (nSPS) is 27.3. The SMILES string of the molecule is COC(=O)N1C(=O)C2CC=C3C(CC4C(=O)N(Nc5ccc(F)cc5)C(=O)C4(c4ccc(Cl)cc4)C3c3ccccc3OCCO)C2C1=O. The van der Waals surface area contributed by atoms with Gasteiger partial charge in [0, 0.05) is 16.5 Å². The number of nitrogens with zero attached hydrogens (tertiary/aromatic N) is 2. The van der Waals surface area contributed by atoms with E-state index >= 15 is 4.79 Å². The molecule has 2 aliphatic carbocycles. The Morgan fingerprint density at radius 2 is 1.69 bits per heavy atom. The van der Waals surface area contributed by atoms with Crippen LogP contribution in [0.1, 0.15) is 29.9 Å². The number of para-hydroxylation sites is 1. The van der Waals surface area contributed by atoms with E-state index in [1.54, 1.807) is 48.5 Å². The Bertz CT molecular complexity index is 1900. The van der Waals surface area contributed by atoms with Crippen LogP contribution in [0.2, 0.25) is 5.02 Å². The lowest BCUT2D eigenvalue weighted by Gasteiger charge is -2.50. The van der Waals surface area contributed by atoms with Gasteiger partial charge in [0.15, 0.2) is 0 Å². The highest BCUT2D eigenvalue weighted by molar-refractivity contribution is 6.30. The molecule has 3 fully saturated rings. The van der Waals surface area contributed by atoms with Crippen LogP contribution in [0, 0.1) is 29.5 Å². The number of fused-ring (bicyclic) bond motifs is 4. The Kier molecular flexibility index (Phi) is 8.24. The molecule has 11 nitrogen and oxygen atoms in total. The second kappa shape index (κ2) is 12.4. The van der Waals surface area contributed by atoms with Crippen LogP contribution in [0.3, 0.4) is 0 Å². The maximum absolute atomic E-state index is 15.2. The summed E-state index contributed by atoms with van der Waals surface area (Å²) in [5, 5.41) is 11.0. The summed E-state index contributed by atoms with van der Waals surface area (Å²) in [4.78, 5) is 70.3. The van der Waals surface area contributed by atoms with Crippen LogP contribution < -0.4 is 10.2 Å². The number of hydrogen-bond donors (Lipinski definition) is 2. The average molecular weight is 688 g/mol. The van der Waals surface area contributed by atoms with E-state index in [1.807, 2.05) is 6.08 Å². The molecule has 13 heteroatoms. The van der Waals surface area contributed by atoms with Gasteiger partial charge in [-0.25, -0.2) is 9.18 Å². The first kappa shape index (κ1) is 32.5. The van der Waals surface area contributed by atoms with Crippen molar-refractivity contribution in [3.8, 4) is 5.75 Å². The number of aliphatic hydroxyl groups is 1. The zero-order valence-corrected chi connectivity index (χ0v) is 26.9. The first-order valence-electron chi connectivity index (χ1n) is 15.8. The Balaban J connectivity index is 1.47. The van der Waals surface area contributed by atoms with E-state index < -0.39 is 70.5 Å². The molecule has 6 atom stereocenters. The molecule has 2 saturated heterocycles. The van der Waals surface area contributed by atoms with Crippen LogP contribution in [-0.4, -0.2) is 65.1 Å². The van der Waals surface area contributed by atoms with Crippen molar-refractivity contribution in [1.29, 1.82) is 0 Å². The van der Waals surface area contributed by atoms with E-state index in [-0.39, 0.29) is 26.1 Å². The third kappa shape index (κ3) is 4.92. The van der Waals surface area contributed by atoms with Gasteiger partial charge in [-0.15, -0.1) is 0 Å². The lowest BCUT2D eigenvalue weighted by Crippen LogP contribution is -2.53. The first-order chi connectivity index (χ1) is 23.6. The summed E-state index contributed by atoms with van der Waals surface area (Å²) in [6, 6.07) is 18.8. The molecule has 0 aromatic heterocycles. The molecule has 5 amide bonds. The van der Waals surface area contributed by atoms with Gasteiger partial charge >= 0.3 is 6.09 Å². The maximum Gasteiger partial charge on any atom is 0.423 e. The fourth-order valence-electron chi connectivity index (χ4n) is 8.28. The van der Waals surface area contributed by atoms with Gasteiger partial charge < -0.3 is 14.6 Å². The predicted octanol–water partition coefficient (Wildman–Crippen LogP) is 4.60. The minimum atomic E-state index is -1.61. The number of amides is 5. The van der Waals surface area contributed by atoms with Gasteiger partial charge in [-0.05, 0) is 66.8 Å². The fraction of sp³-hybridized carbons (Fsp3) is 0.306. The second-order valence-electron chi connectivity index (χ2n) is 12.5. The van der Waals surface area contributed by atoms with Gasteiger partial charge in [-0.2, -0.15) is 9.91 Å². The fourth-order valence-corrected chi connectivity index (χ4v) is 8.40. The number of hydrazine groups is 1. The molecule has 3 aromatic carbocycles. The molecule has 2 N–H and O–H groups in total. The van der Waals surface area contributed by atoms with Crippen molar-refractivity contribution >= 4 is 47.0 Å². The molecule has 0 spiro atoms. The summed E-state index contributed by atoms with van der Waals surface area (Å²) in [6.07, 6.45) is 0.850. The van der Waals surface area contributed by atoms with Crippen molar-refractivity contribution < 1.29 is 42.9 Å². The third-order valence-corrected chi connectivity index (χ3v) is 10.4. The van der Waals surface area contributed by atoms with Gasteiger partial charge in [0.25, 0.3) is 11.8 Å². The molecule has 7 rings (SSSR count). The van der Waals surface area contributed by atoms with E-state index in [2.05, 4.69) is 5.43 Å². The standard InChI is InChI=1S/C36H31ClFN3O8/c1-48-35(47)40-31(43)25-15-14-23-26(29(25)33(40)45)18-27-32(44)41(39-22-12-10-21(38)11-13-22)34(46)36(27,19-6-8-20(37)9-7-19)30(23)24-4-2-3-5-28(24)49-17-16-42/h2-14,25-27,29-30,39,42H,15-18H2,1H3. The van der Waals surface area contributed by atoms with E-state index in [0.717, 1.165) is 12.1 Å². The van der Waals surface area contributed by atoms with Gasteiger partial charge in [0.2, 0.25) is 11.8 Å². The molecule has 4 aliphatic rings. The molecule has 252 valence electrons. The lowest BCUT2D eigenvalue weighted by molar-refractivity contribution is -0.140. The van der Waals surface area contributed by atoms with E-state index in [1.165, 1.54) is 24.3 Å². The number of likely N-dealkylation sites (tertiary alicyclic amines) is 1. The summed E-state index contributed by atoms with van der Waals surface area (Å²) < 4.78 is 24.6. The van der Waals surface area contributed by atoms with E-state index in [0.29, 0.717) is 38.1 Å². The van der Waals surface area contributed by atoms with Gasteiger partial charge in [-0.3, -0.25) is 24.6 Å². The monoisotopic (exact) mass is 687 g/mol. The van der Waals surface area contributed by atoms with E-state index in [4.69, 9.17) is 21.1 Å². The quantitative estimate of drug-likeness (QED) is 0.269. The number of imide groups is 4. The zero-order chi connectivity index (χ0) is 34.6. The average Bonchev–Trinajstić information content (AvgIpc) is 3.49. The van der Waals surface area contributed by atoms with Crippen LogP contribution in [0.15, 0.2) is 84.4 Å². The van der Waals surface area contributed by atoms with Crippen molar-refractivity contribution in [2.45, 2.75) is 24.2 Å². The van der Waals surface area contributed by atoms with Crippen LogP contribution in [-0.2, 0) is 29.3 Å². The number of halogens is 2. The molecular formula is C36H31ClFN3O8. The maximum atomic E-state index is 15.2. The Hall–Kier alpha value is -5.07.